The van der Waals surface area contributed by atoms with Crippen molar-refractivity contribution in [3.8, 4) is 5.75 Å². The number of methoxy groups -OCH3 is 1. The monoisotopic (exact) mass is 377 g/mol. The molecule has 6 nitrogen and oxygen atoms in total. The first-order valence-corrected chi connectivity index (χ1v) is 9.67. The summed E-state index contributed by atoms with van der Waals surface area (Å²) in [5.74, 6) is 2.07. The fourth-order valence-corrected chi connectivity index (χ4v) is 3.12. The summed E-state index contributed by atoms with van der Waals surface area (Å²) in [7, 11) is 1.68. The molecule has 1 aromatic heterocycles. The van der Waals surface area contributed by atoms with Crippen molar-refractivity contribution < 1.29 is 4.74 Å². The van der Waals surface area contributed by atoms with Crippen molar-refractivity contribution in [2.45, 2.75) is 33.1 Å². The Hall–Kier alpha value is -3.15. The van der Waals surface area contributed by atoms with E-state index in [-0.39, 0.29) is 0 Å². The molecule has 0 saturated carbocycles. The first-order chi connectivity index (χ1) is 13.7. The van der Waals surface area contributed by atoms with Gasteiger partial charge in [0.05, 0.1) is 13.3 Å². The van der Waals surface area contributed by atoms with Crippen molar-refractivity contribution in [1.29, 1.82) is 0 Å². The van der Waals surface area contributed by atoms with Gasteiger partial charge in [-0.1, -0.05) is 44.2 Å². The van der Waals surface area contributed by atoms with Crippen LogP contribution in [0.15, 0.2) is 48.7 Å². The SMILES string of the molecule is CCc1cccc(CC)c1Nc1cnnc(NCCc2cccc(OC)c2)n1. The Morgan fingerprint density at radius 3 is 2.46 bits per heavy atom. The lowest BCUT2D eigenvalue weighted by Crippen LogP contribution is -2.10. The van der Waals surface area contributed by atoms with E-state index in [0.29, 0.717) is 18.3 Å². The maximum atomic E-state index is 5.27. The maximum absolute atomic E-state index is 5.27. The molecule has 0 aliphatic rings. The van der Waals surface area contributed by atoms with Gasteiger partial charge in [0.1, 0.15) is 5.75 Å². The Kier molecular flexibility index (Phi) is 6.78. The van der Waals surface area contributed by atoms with Crippen molar-refractivity contribution >= 4 is 17.5 Å². The van der Waals surface area contributed by atoms with Gasteiger partial charge in [-0.2, -0.15) is 10.1 Å². The molecular weight excluding hydrogens is 350 g/mol. The van der Waals surface area contributed by atoms with Crippen LogP contribution in [0.3, 0.4) is 0 Å². The Morgan fingerprint density at radius 2 is 1.75 bits per heavy atom. The molecule has 28 heavy (non-hydrogen) atoms. The van der Waals surface area contributed by atoms with Crippen molar-refractivity contribution in [3.63, 3.8) is 0 Å². The number of aryl methyl sites for hydroxylation is 2. The molecular formula is C22H27N5O. The number of anilines is 3. The number of nitrogens with zero attached hydrogens (tertiary/aromatic N) is 3. The largest absolute Gasteiger partial charge is 0.497 e. The van der Waals surface area contributed by atoms with Crippen LogP contribution in [-0.2, 0) is 19.3 Å². The summed E-state index contributed by atoms with van der Waals surface area (Å²) >= 11 is 0. The van der Waals surface area contributed by atoms with Gasteiger partial charge in [-0.05, 0) is 48.1 Å². The number of hydrogen-bond donors (Lipinski definition) is 2. The fraction of sp³-hybridized carbons (Fsp3) is 0.318. The molecule has 0 unspecified atom stereocenters. The van der Waals surface area contributed by atoms with E-state index in [1.54, 1.807) is 13.3 Å². The van der Waals surface area contributed by atoms with Crippen LogP contribution in [0.2, 0.25) is 0 Å². The smallest absolute Gasteiger partial charge is 0.244 e. The highest BCUT2D eigenvalue weighted by Gasteiger charge is 2.08. The molecule has 0 atom stereocenters. The van der Waals surface area contributed by atoms with Crippen LogP contribution in [-0.4, -0.2) is 28.8 Å². The van der Waals surface area contributed by atoms with Crippen molar-refractivity contribution in [3.05, 3.63) is 65.4 Å². The summed E-state index contributed by atoms with van der Waals surface area (Å²) in [4.78, 5) is 4.56. The van der Waals surface area contributed by atoms with E-state index >= 15 is 0 Å². The Labute approximate surface area is 166 Å². The van der Waals surface area contributed by atoms with Crippen molar-refractivity contribution in [1.82, 2.24) is 15.2 Å². The van der Waals surface area contributed by atoms with Gasteiger partial charge in [-0.15, -0.1) is 5.10 Å². The first kappa shape index (κ1) is 19.6. The van der Waals surface area contributed by atoms with E-state index in [0.717, 1.165) is 30.7 Å². The molecule has 0 spiro atoms. The minimum atomic E-state index is 0.514. The molecule has 0 bridgehead atoms. The second-order valence-corrected chi connectivity index (χ2v) is 6.48. The molecule has 2 aromatic carbocycles. The van der Waals surface area contributed by atoms with Crippen LogP contribution in [0.4, 0.5) is 17.5 Å². The topological polar surface area (TPSA) is 72.0 Å². The Morgan fingerprint density at radius 1 is 1.00 bits per heavy atom. The summed E-state index contributed by atoms with van der Waals surface area (Å²) in [6.07, 6.45) is 4.41. The normalized spacial score (nSPS) is 10.5. The molecule has 6 heteroatoms. The van der Waals surface area contributed by atoms with Gasteiger partial charge < -0.3 is 15.4 Å². The highest BCUT2D eigenvalue weighted by atomic mass is 16.5. The lowest BCUT2D eigenvalue weighted by molar-refractivity contribution is 0.414. The van der Waals surface area contributed by atoms with E-state index < -0.39 is 0 Å². The van der Waals surface area contributed by atoms with Gasteiger partial charge in [-0.3, -0.25) is 0 Å². The zero-order chi connectivity index (χ0) is 19.8. The summed E-state index contributed by atoms with van der Waals surface area (Å²) in [5, 5.41) is 14.9. The van der Waals surface area contributed by atoms with Gasteiger partial charge in [-0.25, -0.2) is 0 Å². The molecule has 3 rings (SSSR count). The minimum absolute atomic E-state index is 0.514. The third kappa shape index (κ3) is 4.97. The maximum Gasteiger partial charge on any atom is 0.244 e. The van der Waals surface area contributed by atoms with Gasteiger partial charge >= 0.3 is 0 Å². The number of hydrogen-bond acceptors (Lipinski definition) is 6. The standard InChI is InChI=1S/C22H27N5O/c1-4-17-9-7-10-18(5-2)21(17)25-20-15-24-27-22(26-20)23-13-12-16-8-6-11-19(14-16)28-3/h6-11,14-15H,4-5,12-13H2,1-3H3,(H2,23,25,26,27). The van der Waals surface area contributed by atoms with Crippen LogP contribution in [0.25, 0.3) is 0 Å². The number of nitrogens with one attached hydrogen (secondary N) is 2. The molecule has 0 aliphatic heterocycles. The zero-order valence-corrected chi connectivity index (χ0v) is 16.7. The van der Waals surface area contributed by atoms with Crippen LogP contribution in [0.5, 0.6) is 5.75 Å². The second kappa shape index (κ2) is 9.69. The van der Waals surface area contributed by atoms with Gasteiger partial charge in [0, 0.05) is 12.2 Å². The van der Waals surface area contributed by atoms with E-state index in [1.165, 1.54) is 16.7 Å². The predicted octanol–water partition coefficient (Wildman–Crippen LogP) is 4.40. The summed E-state index contributed by atoms with van der Waals surface area (Å²) < 4.78 is 5.27. The lowest BCUT2D eigenvalue weighted by Gasteiger charge is -2.15. The predicted molar refractivity (Wildman–Crippen MR) is 113 cm³/mol. The molecule has 2 N–H and O–H groups in total. The highest BCUT2D eigenvalue weighted by Crippen LogP contribution is 2.25. The average molecular weight is 377 g/mol. The zero-order valence-electron chi connectivity index (χ0n) is 16.7. The van der Waals surface area contributed by atoms with Crippen molar-refractivity contribution in [2.75, 3.05) is 24.3 Å². The van der Waals surface area contributed by atoms with Crippen LogP contribution in [0.1, 0.15) is 30.5 Å². The highest BCUT2D eigenvalue weighted by molar-refractivity contribution is 5.65. The van der Waals surface area contributed by atoms with Gasteiger partial charge in [0.2, 0.25) is 5.95 Å². The first-order valence-electron chi connectivity index (χ1n) is 9.67. The minimum Gasteiger partial charge on any atom is -0.497 e. The van der Waals surface area contributed by atoms with E-state index in [9.17, 15) is 0 Å². The fourth-order valence-electron chi connectivity index (χ4n) is 3.12. The Balaban J connectivity index is 1.66. The molecule has 1 heterocycles. The molecule has 0 radical (unpaired) electrons. The molecule has 0 amide bonds. The van der Waals surface area contributed by atoms with Gasteiger partial charge in [0.15, 0.2) is 5.82 Å². The molecule has 0 fully saturated rings. The lowest BCUT2D eigenvalue weighted by atomic mass is 10.0. The van der Waals surface area contributed by atoms with E-state index in [2.05, 4.69) is 63.9 Å². The van der Waals surface area contributed by atoms with Crippen molar-refractivity contribution in [2.24, 2.45) is 0 Å². The van der Waals surface area contributed by atoms with Crippen LogP contribution >= 0.6 is 0 Å². The number of benzene rings is 2. The van der Waals surface area contributed by atoms with Gasteiger partial charge in [0.25, 0.3) is 0 Å². The van der Waals surface area contributed by atoms with Crippen LogP contribution in [0, 0.1) is 0 Å². The van der Waals surface area contributed by atoms with E-state index in [4.69, 9.17) is 4.74 Å². The quantitative estimate of drug-likeness (QED) is 0.576. The number of ether oxygens (including phenoxy) is 1. The number of para-hydroxylation sites is 1. The third-order valence-electron chi connectivity index (χ3n) is 4.64. The number of rotatable bonds is 9. The summed E-state index contributed by atoms with van der Waals surface area (Å²) in [6, 6.07) is 14.4. The Bertz CT molecular complexity index is 891. The molecule has 0 aliphatic carbocycles. The number of aromatic nitrogens is 3. The summed E-state index contributed by atoms with van der Waals surface area (Å²) in [5.41, 5.74) is 4.85. The molecule has 146 valence electrons. The second-order valence-electron chi connectivity index (χ2n) is 6.48. The third-order valence-corrected chi connectivity index (χ3v) is 4.64. The molecule has 3 aromatic rings. The van der Waals surface area contributed by atoms with Crippen LogP contribution < -0.4 is 15.4 Å². The average Bonchev–Trinajstić information content (AvgIpc) is 2.74. The summed E-state index contributed by atoms with van der Waals surface area (Å²) in [6.45, 7) is 5.03. The van der Waals surface area contributed by atoms with E-state index in [1.807, 2.05) is 18.2 Å². The molecule has 0 saturated heterocycles.